The maximum absolute atomic E-state index is 5.18. The van der Waals surface area contributed by atoms with Crippen molar-refractivity contribution in [2.45, 2.75) is 32.6 Å². The third-order valence-corrected chi connectivity index (χ3v) is 4.47. The number of imidazole rings is 1. The summed E-state index contributed by atoms with van der Waals surface area (Å²) in [5.74, 6) is 1.71. The summed E-state index contributed by atoms with van der Waals surface area (Å²) >= 11 is 0. The van der Waals surface area contributed by atoms with Gasteiger partial charge in [-0.3, -0.25) is 0 Å². The molecule has 0 bridgehead atoms. The van der Waals surface area contributed by atoms with Gasteiger partial charge in [0.15, 0.2) is 0 Å². The van der Waals surface area contributed by atoms with Gasteiger partial charge in [0.2, 0.25) is 0 Å². The molecule has 0 fully saturated rings. The Morgan fingerprint density at radius 2 is 1.73 bits per heavy atom. The largest absolute Gasteiger partial charge is 0.497 e. The maximum Gasteiger partial charge on any atom is 0.130 e. The first kappa shape index (κ1) is 18.0. The fraction of sp³-hybridized carbons (Fsp3) is 0.261. The zero-order valence-electron chi connectivity index (χ0n) is 15.5. The number of benzene rings is 2. The molecule has 26 heavy (non-hydrogen) atoms. The normalized spacial score (nSPS) is 11.2. The van der Waals surface area contributed by atoms with E-state index < -0.39 is 0 Å². The molecule has 0 saturated carbocycles. The molecule has 0 spiro atoms. The predicted molar refractivity (Wildman–Crippen MR) is 109 cm³/mol. The summed E-state index contributed by atoms with van der Waals surface area (Å²) in [7, 11) is 1.67. The van der Waals surface area contributed by atoms with Crippen molar-refractivity contribution in [1.82, 2.24) is 9.97 Å². The predicted octanol–water partition coefficient (Wildman–Crippen LogP) is 5.99. The second kappa shape index (κ2) is 9.04. The number of hydrogen-bond donors (Lipinski definition) is 1. The third kappa shape index (κ3) is 4.85. The van der Waals surface area contributed by atoms with E-state index in [0.29, 0.717) is 0 Å². The monoisotopic (exact) mass is 346 g/mol. The summed E-state index contributed by atoms with van der Waals surface area (Å²) in [6, 6.07) is 16.7. The Hall–Kier alpha value is -2.81. The molecule has 3 nitrogen and oxygen atoms in total. The van der Waals surface area contributed by atoms with Crippen molar-refractivity contribution in [2.24, 2.45) is 0 Å². The molecule has 2 aromatic carbocycles. The minimum absolute atomic E-state index is 0.850. The maximum atomic E-state index is 5.18. The van der Waals surface area contributed by atoms with Gasteiger partial charge < -0.3 is 9.72 Å². The molecule has 0 aliphatic carbocycles. The molecule has 0 aliphatic heterocycles. The van der Waals surface area contributed by atoms with E-state index in [4.69, 9.17) is 4.74 Å². The van der Waals surface area contributed by atoms with Crippen LogP contribution in [0, 0.1) is 0 Å². The van der Waals surface area contributed by atoms with E-state index in [-0.39, 0.29) is 0 Å². The summed E-state index contributed by atoms with van der Waals surface area (Å²) in [4.78, 5) is 7.90. The van der Waals surface area contributed by atoms with Gasteiger partial charge in [-0.15, -0.1) is 0 Å². The van der Waals surface area contributed by atoms with Crippen LogP contribution in [0.1, 0.15) is 43.1 Å². The Labute approximate surface area is 155 Å². The zero-order chi connectivity index (χ0) is 18.2. The number of rotatable bonds is 8. The van der Waals surface area contributed by atoms with Crippen molar-refractivity contribution in [3.63, 3.8) is 0 Å². The van der Waals surface area contributed by atoms with Crippen LogP contribution in [0.3, 0.4) is 0 Å². The van der Waals surface area contributed by atoms with Crippen LogP contribution in [0.25, 0.3) is 23.4 Å². The summed E-state index contributed by atoms with van der Waals surface area (Å²) in [6.07, 6.45) is 11.0. The van der Waals surface area contributed by atoms with Gasteiger partial charge >= 0.3 is 0 Å². The minimum atomic E-state index is 0.850. The van der Waals surface area contributed by atoms with Gasteiger partial charge in [0.05, 0.1) is 12.8 Å². The number of aromatic amines is 1. The summed E-state index contributed by atoms with van der Waals surface area (Å²) in [5.41, 5.74) is 4.63. The average molecular weight is 346 g/mol. The molecule has 0 radical (unpaired) electrons. The number of H-pyrrole nitrogens is 1. The number of nitrogens with zero attached hydrogens (tertiary/aromatic N) is 1. The van der Waals surface area contributed by atoms with E-state index in [2.05, 4.69) is 41.2 Å². The lowest BCUT2D eigenvalue weighted by Crippen LogP contribution is -1.86. The zero-order valence-corrected chi connectivity index (χ0v) is 15.5. The fourth-order valence-corrected chi connectivity index (χ4v) is 2.88. The first-order chi connectivity index (χ1) is 12.8. The van der Waals surface area contributed by atoms with Gasteiger partial charge in [-0.05, 0) is 42.2 Å². The van der Waals surface area contributed by atoms with Crippen molar-refractivity contribution in [3.8, 4) is 17.0 Å². The second-order valence-electron chi connectivity index (χ2n) is 6.43. The van der Waals surface area contributed by atoms with E-state index in [0.717, 1.165) is 34.8 Å². The van der Waals surface area contributed by atoms with E-state index >= 15 is 0 Å². The van der Waals surface area contributed by atoms with Crippen LogP contribution < -0.4 is 4.74 Å². The summed E-state index contributed by atoms with van der Waals surface area (Å²) in [5, 5.41) is 0. The van der Waals surface area contributed by atoms with Crippen LogP contribution in [-0.4, -0.2) is 17.1 Å². The smallest absolute Gasteiger partial charge is 0.130 e. The highest BCUT2D eigenvalue weighted by atomic mass is 16.5. The number of ether oxygens (including phenoxy) is 1. The van der Waals surface area contributed by atoms with Crippen LogP contribution in [0.5, 0.6) is 5.75 Å². The molecule has 0 unspecified atom stereocenters. The van der Waals surface area contributed by atoms with Crippen LogP contribution in [0.15, 0.2) is 54.7 Å². The molecule has 134 valence electrons. The number of unbranched alkanes of at least 4 members (excludes halogenated alkanes) is 2. The molecular weight excluding hydrogens is 320 g/mol. The minimum Gasteiger partial charge on any atom is -0.497 e. The first-order valence-electron chi connectivity index (χ1n) is 9.25. The Bertz CT molecular complexity index is 829. The van der Waals surface area contributed by atoms with Crippen molar-refractivity contribution in [1.29, 1.82) is 0 Å². The lowest BCUT2D eigenvalue weighted by Gasteiger charge is -2.02. The molecule has 0 amide bonds. The Morgan fingerprint density at radius 1 is 0.962 bits per heavy atom. The second-order valence-corrected chi connectivity index (χ2v) is 6.43. The molecule has 1 aromatic heterocycles. The summed E-state index contributed by atoms with van der Waals surface area (Å²) in [6.45, 7) is 2.24. The first-order valence-corrected chi connectivity index (χ1v) is 9.25. The van der Waals surface area contributed by atoms with Crippen LogP contribution in [0.4, 0.5) is 0 Å². The van der Waals surface area contributed by atoms with Gasteiger partial charge in [0.1, 0.15) is 11.6 Å². The quantitative estimate of drug-likeness (QED) is 0.509. The number of aromatic nitrogens is 2. The van der Waals surface area contributed by atoms with Crippen LogP contribution >= 0.6 is 0 Å². The lowest BCUT2D eigenvalue weighted by molar-refractivity contribution is 0.415. The SMILES string of the molecule is CCCCCc1ccc(-c2c[nH]c(C=Cc3ccc(OC)cc3)n2)cc1. The molecule has 0 aliphatic rings. The molecule has 0 atom stereocenters. The van der Waals surface area contributed by atoms with E-state index in [1.807, 2.05) is 42.6 Å². The topological polar surface area (TPSA) is 37.9 Å². The molecular formula is C23H26N2O. The Kier molecular flexibility index (Phi) is 6.26. The number of hydrogen-bond acceptors (Lipinski definition) is 2. The van der Waals surface area contributed by atoms with E-state index in [1.54, 1.807) is 7.11 Å². The standard InChI is InChI=1S/C23H26N2O/c1-3-4-5-6-18-7-12-20(13-8-18)22-17-24-23(25-22)16-11-19-9-14-21(26-2)15-10-19/h7-17H,3-6H2,1-2H3,(H,24,25). The number of methoxy groups -OCH3 is 1. The highest BCUT2D eigenvalue weighted by molar-refractivity contribution is 5.69. The Balaban J connectivity index is 1.64. The molecule has 1 heterocycles. The molecule has 3 aromatic rings. The fourth-order valence-electron chi connectivity index (χ4n) is 2.88. The van der Waals surface area contributed by atoms with Crippen molar-refractivity contribution < 1.29 is 4.74 Å². The highest BCUT2D eigenvalue weighted by Crippen LogP contribution is 2.20. The van der Waals surface area contributed by atoms with Gasteiger partial charge in [0, 0.05) is 11.8 Å². The number of nitrogens with one attached hydrogen (secondary N) is 1. The van der Waals surface area contributed by atoms with Crippen molar-refractivity contribution >= 4 is 12.2 Å². The van der Waals surface area contributed by atoms with Crippen molar-refractivity contribution in [3.05, 3.63) is 71.7 Å². The van der Waals surface area contributed by atoms with Gasteiger partial charge in [0.25, 0.3) is 0 Å². The molecule has 0 saturated heterocycles. The summed E-state index contributed by atoms with van der Waals surface area (Å²) < 4.78 is 5.18. The van der Waals surface area contributed by atoms with Crippen LogP contribution in [-0.2, 0) is 6.42 Å². The average Bonchev–Trinajstić information content (AvgIpc) is 3.16. The molecule has 3 heteroatoms. The van der Waals surface area contributed by atoms with Crippen molar-refractivity contribution in [2.75, 3.05) is 7.11 Å². The van der Waals surface area contributed by atoms with Gasteiger partial charge in [-0.25, -0.2) is 4.98 Å². The molecule has 1 N–H and O–H groups in total. The van der Waals surface area contributed by atoms with Gasteiger partial charge in [-0.1, -0.05) is 62.2 Å². The lowest BCUT2D eigenvalue weighted by atomic mass is 10.0. The highest BCUT2D eigenvalue weighted by Gasteiger charge is 2.03. The molecule has 3 rings (SSSR count). The number of aryl methyl sites for hydroxylation is 1. The van der Waals surface area contributed by atoms with E-state index in [9.17, 15) is 0 Å². The van der Waals surface area contributed by atoms with Crippen LogP contribution in [0.2, 0.25) is 0 Å². The van der Waals surface area contributed by atoms with E-state index in [1.165, 1.54) is 24.8 Å². The van der Waals surface area contributed by atoms with Gasteiger partial charge in [-0.2, -0.15) is 0 Å². The Morgan fingerprint density at radius 3 is 2.42 bits per heavy atom. The third-order valence-electron chi connectivity index (χ3n) is 4.47.